The molecule has 0 aliphatic rings. The molecular weight excluding hydrogens is 320 g/mol. The van der Waals surface area contributed by atoms with Crippen molar-refractivity contribution in [2.75, 3.05) is 0 Å². The van der Waals surface area contributed by atoms with Crippen molar-refractivity contribution in [2.24, 2.45) is 5.73 Å². The van der Waals surface area contributed by atoms with Crippen LogP contribution in [0, 0.1) is 18.6 Å². The molecule has 0 saturated carbocycles. The molecule has 1 heterocycles. The molecule has 1 unspecified atom stereocenters. The van der Waals surface area contributed by atoms with Crippen molar-refractivity contribution in [1.82, 2.24) is 0 Å². The maximum Gasteiger partial charge on any atom is 0.159 e. The fourth-order valence-electron chi connectivity index (χ4n) is 1.77. The first-order valence-corrected chi connectivity index (χ1v) is 7.03. The van der Waals surface area contributed by atoms with Crippen LogP contribution in [-0.4, -0.2) is 0 Å². The van der Waals surface area contributed by atoms with Crippen LogP contribution >= 0.6 is 27.3 Å². The SMILES string of the molecule is Cc1cc(Br)c(C(N)Cc2ccc(F)c(F)c2)s1. The highest BCUT2D eigenvalue weighted by Gasteiger charge is 2.14. The number of halogens is 3. The minimum Gasteiger partial charge on any atom is -0.323 e. The molecule has 0 amide bonds. The number of benzene rings is 1. The van der Waals surface area contributed by atoms with Gasteiger partial charge in [-0.3, -0.25) is 0 Å². The van der Waals surface area contributed by atoms with Gasteiger partial charge in [-0.1, -0.05) is 6.07 Å². The van der Waals surface area contributed by atoms with Crippen LogP contribution in [0.25, 0.3) is 0 Å². The fourth-order valence-corrected chi connectivity index (χ4v) is 3.71. The number of thiophene rings is 1. The van der Waals surface area contributed by atoms with E-state index in [1.807, 2.05) is 13.0 Å². The molecule has 0 aliphatic heterocycles. The summed E-state index contributed by atoms with van der Waals surface area (Å²) in [6.45, 7) is 2.00. The van der Waals surface area contributed by atoms with Crippen molar-refractivity contribution in [1.29, 1.82) is 0 Å². The lowest BCUT2D eigenvalue weighted by molar-refractivity contribution is 0.506. The number of aryl methyl sites for hydroxylation is 1. The maximum absolute atomic E-state index is 13.1. The predicted molar refractivity (Wildman–Crippen MR) is 73.7 cm³/mol. The molecule has 96 valence electrons. The second-order valence-electron chi connectivity index (χ2n) is 4.13. The largest absolute Gasteiger partial charge is 0.323 e. The Morgan fingerprint density at radius 2 is 2.00 bits per heavy atom. The van der Waals surface area contributed by atoms with Gasteiger partial charge in [-0.25, -0.2) is 8.78 Å². The van der Waals surface area contributed by atoms with Crippen molar-refractivity contribution >= 4 is 27.3 Å². The second kappa shape index (κ2) is 5.47. The summed E-state index contributed by atoms with van der Waals surface area (Å²) in [5.74, 6) is -1.67. The van der Waals surface area contributed by atoms with Crippen LogP contribution in [0.4, 0.5) is 8.78 Å². The molecule has 0 spiro atoms. The third kappa shape index (κ3) is 2.96. The molecule has 1 aromatic heterocycles. The zero-order valence-corrected chi connectivity index (χ0v) is 12.1. The van der Waals surface area contributed by atoms with Gasteiger partial charge in [0.15, 0.2) is 11.6 Å². The Hall–Kier alpha value is -0.780. The zero-order valence-electron chi connectivity index (χ0n) is 9.71. The van der Waals surface area contributed by atoms with E-state index in [9.17, 15) is 8.78 Å². The van der Waals surface area contributed by atoms with Gasteiger partial charge >= 0.3 is 0 Å². The Labute approximate surface area is 117 Å². The Morgan fingerprint density at radius 3 is 2.56 bits per heavy atom. The molecule has 2 aromatic rings. The van der Waals surface area contributed by atoms with Crippen LogP contribution in [0.3, 0.4) is 0 Å². The van der Waals surface area contributed by atoms with Crippen molar-refractivity contribution in [3.05, 3.63) is 55.7 Å². The summed E-state index contributed by atoms with van der Waals surface area (Å²) in [6.07, 6.45) is 0.482. The van der Waals surface area contributed by atoms with Gasteiger partial charge in [-0.05, 0) is 53.0 Å². The normalized spacial score (nSPS) is 12.7. The quantitative estimate of drug-likeness (QED) is 0.889. The van der Waals surface area contributed by atoms with Crippen LogP contribution in [0.15, 0.2) is 28.7 Å². The van der Waals surface area contributed by atoms with Crippen LogP contribution in [-0.2, 0) is 6.42 Å². The minimum absolute atomic E-state index is 0.220. The average molecular weight is 332 g/mol. The highest BCUT2D eigenvalue weighted by atomic mass is 79.9. The van der Waals surface area contributed by atoms with E-state index in [0.717, 1.165) is 20.3 Å². The van der Waals surface area contributed by atoms with Gasteiger partial charge in [-0.2, -0.15) is 0 Å². The summed E-state index contributed by atoms with van der Waals surface area (Å²) in [7, 11) is 0. The van der Waals surface area contributed by atoms with Gasteiger partial charge < -0.3 is 5.73 Å². The van der Waals surface area contributed by atoms with Gasteiger partial charge in [0.1, 0.15) is 0 Å². The molecule has 0 radical (unpaired) electrons. The monoisotopic (exact) mass is 331 g/mol. The molecule has 2 N–H and O–H groups in total. The molecule has 0 fully saturated rings. The van der Waals surface area contributed by atoms with E-state index in [-0.39, 0.29) is 6.04 Å². The van der Waals surface area contributed by atoms with Crippen LogP contribution in [0.5, 0.6) is 0 Å². The summed E-state index contributed by atoms with van der Waals surface area (Å²) in [4.78, 5) is 2.19. The van der Waals surface area contributed by atoms with E-state index in [4.69, 9.17) is 5.73 Å². The summed E-state index contributed by atoms with van der Waals surface area (Å²) in [6, 6.07) is 5.68. The molecule has 18 heavy (non-hydrogen) atoms. The Kier molecular flexibility index (Phi) is 4.14. The van der Waals surface area contributed by atoms with Crippen LogP contribution in [0.2, 0.25) is 0 Å². The summed E-state index contributed by atoms with van der Waals surface area (Å²) >= 11 is 5.06. The molecule has 1 nitrogen and oxygen atoms in total. The van der Waals surface area contributed by atoms with Crippen molar-refractivity contribution in [3.8, 4) is 0 Å². The fraction of sp³-hybridized carbons (Fsp3) is 0.231. The minimum atomic E-state index is -0.833. The highest BCUT2D eigenvalue weighted by Crippen LogP contribution is 2.32. The van der Waals surface area contributed by atoms with Gasteiger partial charge in [0.2, 0.25) is 0 Å². The van der Waals surface area contributed by atoms with E-state index in [0.29, 0.717) is 12.0 Å². The van der Waals surface area contributed by atoms with E-state index in [2.05, 4.69) is 15.9 Å². The third-order valence-electron chi connectivity index (χ3n) is 2.61. The van der Waals surface area contributed by atoms with Crippen molar-refractivity contribution in [2.45, 2.75) is 19.4 Å². The standard InChI is InChI=1S/C13H12BrF2NS/c1-7-4-9(14)13(18-7)12(17)6-8-2-3-10(15)11(16)5-8/h2-5,12H,6,17H2,1H3. The molecule has 0 bridgehead atoms. The van der Waals surface area contributed by atoms with E-state index in [1.165, 1.54) is 6.07 Å². The summed E-state index contributed by atoms with van der Waals surface area (Å²) in [5, 5.41) is 0. The topological polar surface area (TPSA) is 26.0 Å². The third-order valence-corrected chi connectivity index (χ3v) is 4.71. The first kappa shape index (κ1) is 13.6. The van der Waals surface area contributed by atoms with E-state index in [1.54, 1.807) is 17.4 Å². The Bertz CT molecular complexity index is 568. The predicted octanol–water partition coefficient (Wildman–Crippen LogP) is 4.34. The number of nitrogens with two attached hydrogens (primary N) is 1. The molecule has 0 saturated heterocycles. The molecule has 0 aliphatic carbocycles. The zero-order chi connectivity index (χ0) is 13.3. The second-order valence-corrected chi connectivity index (χ2v) is 6.27. The Balaban J connectivity index is 2.18. The van der Waals surface area contributed by atoms with Gasteiger partial charge in [0, 0.05) is 20.3 Å². The molecule has 1 atom stereocenters. The lowest BCUT2D eigenvalue weighted by Gasteiger charge is -2.11. The first-order chi connectivity index (χ1) is 8.47. The lowest BCUT2D eigenvalue weighted by Crippen LogP contribution is -2.12. The van der Waals surface area contributed by atoms with Gasteiger partial charge in [0.25, 0.3) is 0 Å². The van der Waals surface area contributed by atoms with E-state index < -0.39 is 11.6 Å². The van der Waals surface area contributed by atoms with Crippen LogP contribution < -0.4 is 5.73 Å². The number of hydrogen-bond donors (Lipinski definition) is 1. The summed E-state index contributed by atoms with van der Waals surface area (Å²) in [5.41, 5.74) is 6.79. The van der Waals surface area contributed by atoms with Gasteiger partial charge in [-0.15, -0.1) is 11.3 Å². The van der Waals surface area contributed by atoms with Gasteiger partial charge in [0.05, 0.1) is 0 Å². The number of rotatable bonds is 3. The van der Waals surface area contributed by atoms with Crippen molar-refractivity contribution < 1.29 is 8.78 Å². The van der Waals surface area contributed by atoms with Crippen LogP contribution in [0.1, 0.15) is 21.4 Å². The van der Waals surface area contributed by atoms with E-state index >= 15 is 0 Å². The molecule has 2 rings (SSSR count). The average Bonchev–Trinajstić information content (AvgIpc) is 2.63. The first-order valence-electron chi connectivity index (χ1n) is 5.42. The number of hydrogen-bond acceptors (Lipinski definition) is 2. The lowest BCUT2D eigenvalue weighted by atomic mass is 10.1. The molecular formula is C13H12BrF2NS. The molecule has 5 heteroatoms. The smallest absolute Gasteiger partial charge is 0.159 e. The Morgan fingerprint density at radius 1 is 1.28 bits per heavy atom. The summed E-state index contributed by atoms with van der Waals surface area (Å²) < 4.78 is 26.9. The maximum atomic E-state index is 13.1. The highest BCUT2D eigenvalue weighted by molar-refractivity contribution is 9.10. The molecule has 1 aromatic carbocycles. The van der Waals surface area contributed by atoms with Crippen molar-refractivity contribution in [3.63, 3.8) is 0 Å².